The Hall–Kier alpha value is -6.52. The molecule has 2 N–H and O–H groups in total. The molecule has 382 valence electrons. The minimum Gasteiger partial charge on any atom is -0.354 e. The molecule has 7 aromatic rings. The molecule has 16 heteroatoms. The highest BCUT2D eigenvalue weighted by molar-refractivity contribution is 5.93. The first-order chi connectivity index (χ1) is 34.4. The summed E-state index contributed by atoms with van der Waals surface area (Å²) in [6.45, 7) is 31.0. The average Bonchev–Trinajstić information content (AvgIpc) is 4.01. The Balaban J connectivity index is 0.000000193. The molecule has 0 unspecified atom stereocenters. The summed E-state index contributed by atoms with van der Waals surface area (Å²) in [5, 5.41) is 7.14. The minimum atomic E-state index is -0.112. The molecule has 6 aromatic heterocycles. The maximum absolute atomic E-state index is 12.4. The van der Waals surface area contributed by atoms with Crippen molar-refractivity contribution in [2.75, 3.05) is 88.3 Å². The second-order valence-electron chi connectivity index (χ2n) is 22.3. The number of pyridine rings is 2. The Kier molecular flexibility index (Phi) is 16.2. The number of para-hydroxylation sites is 1. The molecular weight excluding hydrogens is 901 g/mol. The Bertz CT molecular complexity index is 2830. The third kappa shape index (κ3) is 13.3. The van der Waals surface area contributed by atoms with Crippen LogP contribution in [0.4, 0.5) is 11.6 Å². The van der Waals surface area contributed by atoms with E-state index in [0.717, 1.165) is 142 Å². The third-order valence-corrected chi connectivity index (χ3v) is 13.3. The molecule has 2 amide bonds. The first-order valence-corrected chi connectivity index (χ1v) is 25.9. The van der Waals surface area contributed by atoms with Gasteiger partial charge in [0.05, 0.1) is 11.2 Å². The van der Waals surface area contributed by atoms with Crippen molar-refractivity contribution in [2.45, 2.75) is 104 Å². The molecule has 2 aliphatic rings. The van der Waals surface area contributed by atoms with Gasteiger partial charge >= 0.3 is 0 Å². The van der Waals surface area contributed by atoms with Crippen LogP contribution in [-0.4, -0.2) is 139 Å². The van der Waals surface area contributed by atoms with E-state index < -0.39 is 0 Å². The molecule has 2 aliphatic heterocycles. The molecule has 0 atom stereocenters. The normalized spacial score (nSPS) is 15.2. The van der Waals surface area contributed by atoms with Gasteiger partial charge in [0.25, 0.3) is 11.8 Å². The van der Waals surface area contributed by atoms with Crippen LogP contribution in [0.1, 0.15) is 126 Å². The highest BCUT2D eigenvalue weighted by Gasteiger charge is 2.28. The summed E-state index contributed by atoms with van der Waals surface area (Å²) in [6.07, 6.45) is 11.4. The van der Waals surface area contributed by atoms with Crippen molar-refractivity contribution in [3.63, 3.8) is 0 Å². The van der Waals surface area contributed by atoms with Gasteiger partial charge in [0.1, 0.15) is 46.0 Å². The molecule has 2 saturated heterocycles. The zero-order chi connectivity index (χ0) is 51.0. The van der Waals surface area contributed by atoms with Crippen molar-refractivity contribution in [3.05, 3.63) is 120 Å². The van der Waals surface area contributed by atoms with Crippen molar-refractivity contribution in [2.24, 2.45) is 0 Å². The molecule has 9 rings (SSSR count). The first kappa shape index (κ1) is 51.8. The van der Waals surface area contributed by atoms with Gasteiger partial charge in [-0.25, -0.2) is 29.9 Å². The number of amides is 2. The number of benzene rings is 1. The van der Waals surface area contributed by atoms with Crippen LogP contribution < -0.4 is 20.4 Å². The van der Waals surface area contributed by atoms with Gasteiger partial charge in [0.2, 0.25) is 0 Å². The number of aromatic nitrogens is 8. The molecule has 0 spiro atoms. The summed E-state index contributed by atoms with van der Waals surface area (Å²) in [5.74, 6) is 3.69. The predicted octanol–water partition coefficient (Wildman–Crippen LogP) is 7.96. The van der Waals surface area contributed by atoms with E-state index >= 15 is 0 Å². The number of nitrogens with one attached hydrogen (secondary N) is 2. The van der Waals surface area contributed by atoms with E-state index in [1.165, 1.54) is 0 Å². The number of imidazole rings is 2. The molecule has 1 aromatic carbocycles. The Morgan fingerprint density at radius 2 is 1.00 bits per heavy atom. The molecule has 0 aliphatic carbocycles. The van der Waals surface area contributed by atoms with Crippen LogP contribution in [-0.2, 0) is 16.2 Å². The number of nitrogens with zero attached hydrogens (tertiary/aromatic N) is 12. The van der Waals surface area contributed by atoms with Crippen LogP contribution in [0.25, 0.3) is 22.2 Å². The zero-order valence-electron chi connectivity index (χ0n) is 44.2. The second kappa shape index (κ2) is 22.5. The first-order valence-electron chi connectivity index (χ1n) is 25.9. The van der Waals surface area contributed by atoms with E-state index in [4.69, 9.17) is 19.9 Å². The summed E-state index contributed by atoms with van der Waals surface area (Å²) in [7, 11) is 0. The number of carbonyl (C=O) groups excluding carboxylic acids is 2. The molecule has 2 fully saturated rings. The van der Waals surface area contributed by atoms with Gasteiger partial charge < -0.3 is 29.2 Å². The summed E-state index contributed by atoms with van der Waals surface area (Å²) in [5.41, 5.74) is 4.42. The summed E-state index contributed by atoms with van der Waals surface area (Å²) in [6, 6.07) is 22.0. The number of carbonyl (C=O) groups is 2. The van der Waals surface area contributed by atoms with Crippen LogP contribution in [0.5, 0.6) is 0 Å². The van der Waals surface area contributed by atoms with Gasteiger partial charge in [0, 0.05) is 118 Å². The summed E-state index contributed by atoms with van der Waals surface area (Å²) >= 11 is 0. The van der Waals surface area contributed by atoms with Crippen molar-refractivity contribution in [3.8, 4) is 0 Å². The van der Waals surface area contributed by atoms with Crippen molar-refractivity contribution in [1.82, 2.24) is 59.1 Å². The van der Waals surface area contributed by atoms with E-state index in [-0.39, 0.29) is 28.1 Å². The quantitative estimate of drug-likeness (QED) is 0.102. The number of piperazine rings is 2. The summed E-state index contributed by atoms with van der Waals surface area (Å²) in [4.78, 5) is 63.1. The SMILES string of the molecule is CC(C)(C)c1cc(N2CCN(CCCCNC(=O)c3cn4ccccc4n3)CC2)nc(C(C)(C)C)n1.CC(C)(C)c1nc(N2CCN(CCCCNC(=O)c3cn4ccccc4n3)CC2)c2ccccc2n1. The van der Waals surface area contributed by atoms with Gasteiger partial charge in [-0.3, -0.25) is 19.4 Å². The maximum atomic E-state index is 12.4. The number of anilines is 2. The van der Waals surface area contributed by atoms with Crippen LogP contribution in [0, 0.1) is 0 Å². The van der Waals surface area contributed by atoms with Crippen molar-refractivity contribution >= 4 is 45.6 Å². The molecule has 0 bridgehead atoms. The zero-order valence-corrected chi connectivity index (χ0v) is 44.2. The van der Waals surface area contributed by atoms with Crippen molar-refractivity contribution < 1.29 is 9.59 Å². The lowest BCUT2D eigenvalue weighted by molar-refractivity contribution is 0.0940. The molecule has 8 heterocycles. The van der Waals surface area contributed by atoms with Gasteiger partial charge in [-0.05, 0) is 75.2 Å². The number of hydrogen-bond acceptors (Lipinski definition) is 12. The van der Waals surface area contributed by atoms with Gasteiger partial charge in [0.15, 0.2) is 0 Å². The fourth-order valence-electron chi connectivity index (χ4n) is 8.93. The lowest BCUT2D eigenvalue weighted by Gasteiger charge is -2.36. The minimum absolute atomic E-state index is 0.0137. The van der Waals surface area contributed by atoms with E-state index in [1.54, 1.807) is 12.4 Å². The van der Waals surface area contributed by atoms with Gasteiger partial charge in [-0.2, -0.15) is 0 Å². The number of hydrogen-bond donors (Lipinski definition) is 2. The van der Waals surface area contributed by atoms with Crippen molar-refractivity contribution in [1.29, 1.82) is 0 Å². The number of fused-ring (bicyclic) bond motifs is 3. The average molecular weight is 977 g/mol. The molecule has 0 saturated carbocycles. The van der Waals surface area contributed by atoms with Crippen LogP contribution in [0.3, 0.4) is 0 Å². The summed E-state index contributed by atoms with van der Waals surface area (Å²) < 4.78 is 3.73. The number of rotatable bonds is 14. The fourth-order valence-corrected chi connectivity index (χ4v) is 8.93. The maximum Gasteiger partial charge on any atom is 0.271 e. The lowest BCUT2D eigenvalue weighted by atomic mass is 9.90. The van der Waals surface area contributed by atoms with Crippen LogP contribution in [0.15, 0.2) is 91.5 Å². The highest BCUT2D eigenvalue weighted by Crippen LogP contribution is 2.30. The standard InChI is InChI=1S/C28H35N7O.C28H41N7O/c1-28(2,3)27-31-22-11-5-4-10-21(22)25(32-27)34-18-16-33(17-19-34)14-9-7-13-29-26(36)23-20-35-15-8-6-12-24(35)30-23;1-27(2,3)22-19-24(32-26(31-22)28(4,5)6)34-17-15-33(16-18-34)13-10-8-12-29-25(36)21-20-35-14-9-7-11-23(35)30-21/h4-6,8,10-12,15,20H,7,9,13-14,16-19H2,1-3H3,(H,29,36);7,9,11,14,19-20H,8,10,12-13,15-18H2,1-6H3,(H,29,36). The topological polar surface area (TPSA) is 157 Å². The van der Waals surface area contributed by atoms with E-state index in [2.05, 4.69) is 127 Å². The second-order valence-corrected chi connectivity index (χ2v) is 22.3. The largest absolute Gasteiger partial charge is 0.354 e. The monoisotopic (exact) mass is 977 g/mol. The Morgan fingerprint density at radius 1 is 0.514 bits per heavy atom. The van der Waals surface area contributed by atoms with Crippen LogP contribution >= 0.6 is 0 Å². The Morgan fingerprint density at radius 3 is 1.50 bits per heavy atom. The smallest absolute Gasteiger partial charge is 0.271 e. The molecular formula is C56H76N14O2. The fraction of sp³-hybridized carbons (Fsp3) is 0.500. The van der Waals surface area contributed by atoms with Gasteiger partial charge in [-0.1, -0.05) is 86.6 Å². The third-order valence-electron chi connectivity index (χ3n) is 13.3. The van der Waals surface area contributed by atoms with E-state index in [1.807, 2.05) is 63.7 Å². The van der Waals surface area contributed by atoms with E-state index in [0.29, 0.717) is 24.5 Å². The molecule has 0 radical (unpaired) electrons. The van der Waals surface area contributed by atoms with E-state index in [9.17, 15) is 9.59 Å². The predicted molar refractivity (Wildman–Crippen MR) is 288 cm³/mol. The highest BCUT2D eigenvalue weighted by atomic mass is 16.2. The number of unbranched alkanes of at least 4 members (excludes halogenated alkanes) is 2. The molecule has 16 nitrogen and oxygen atoms in total. The lowest BCUT2D eigenvalue weighted by Crippen LogP contribution is -2.47. The van der Waals surface area contributed by atoms with Crippen LogP contribution in [0.2, 0.25) is 0 Å². The van der Waals surface area contributed by atoms with Gasteiger partial charge in [-0.15, -0.1) is 0 Å². The molecule has 72 heavy (non-hydrogen) atoms. The Labute approximate surface area is 425 Å².